The molecule has 0 aliphatic rings. The predicted octanol–water partition coefficient (Wildman–Crippen LogP) is 4.20. The van der Waals surface area contributed by atoms with Crippen LogP contribution in [0.1, 0.15) is 19.4 Å². The van der Waals surface area contributed by atoms with Crippen molar-refractivity contribution >= 4 is 15.9 Å². The molecule has 74 valence electrons. The lowest BCUT2D eigenvalue weighted by Gasteiger charge is -2.00. The Kier molecular flexibility index (Phi) is 5.06. The zero-order chi connectivity index (χ0) is 10.6. The molecule has 0 aromatic heterocycles. The molecule has 1 rings (SSSR count). The average Bonchev–Trinajstić information content (AvgIpc) is 2.15. The lowest BCUT2D eigenvalue weighted by atomic mass is 10.2. The molecule has 0 bridgehead atoms. The predicted molar refractivity (Wildman–Crippen MR) is 50.1 cm³/mol. The Labute approximate surface area is 83.9 Å². The zero-order valence-corrected chi connectivity index (χ0v) is 9.18. The molecule has 0 N–H and O–H groups in total. The molecule has 0 amide bonds. The van der Waals surface area contributed by atoms with E-state index in [1.165, 1.54) is 6.92 Å². The Balaban J connectivity index is 0.000000671. The third kappa shape index (κ3) is 2.72. The molecule has 1 aromatic carbocycles. The summed E-state index contributed by atoms with van der Waals surface area (Å²) >= 11 is 2.88. The fraction of sp³-hybridized carbons (Fsp3) is 0.333. The van der Waals surface area contributed by atoms with E-state index >= 15 is 0 Å². The van der Waals surface area contributed by atoms with Crippen LogP contribution < -0.4 is 0 Å². The molecule has 0 aliphatic heterocycles. The first kappa shape index (κ1) is 12.5. The number of benzene rings is 1. The maximum Gasteiger partial charge on any atom is 0.194 e. The standard InChI is InChI=1S/C7H4BrF3.C2H6/c1-3-4(8)2-5(9)7(11)6(3)10;1-2/h2H,1H3;1-2H3. The van der Waals surface area contributed by atoms with Crippen LogP contribution >= 0.6 is 15.9 Å². The number of halogens is 4. The summed E-state index contributed by atoms with van der Waals surface area (Å²) in [6, 6.07) is 0.897. The van der Waals surface area contributed by atoms with Crippen molar-refractivity contribution in [2.24, 2.45) is 0 Å². The van der Waals surface area contributed by atoms with Gasteiger partial charge in [0.1, 0.15) is 0 Å². The number of hydrogen-bond acceptors (Lipinski definition) is 0. The average molecular weight is 255 g/mol. The lowest BCUT2D eigenvalue weighted by Crippen LogP contribution is -1.94. The molecular weight excluding hydrogens is 245 g/mol. The van der Waals surface area contributed by atoms with Crippen molar-refractivity contribution in [3.8, 4) is 0 Å². The van der Waals surface area contributed by atoms with Crippen molar-refractivity contribution < 1.29 is 13.2 Å². The smallest absolute Gasteiger partial charge is 0.194 e. The van der Waals surface area contributed by atoms with Gasteiger partial charge in [0.05, 0.1) is 0 Å². The monoisotopic (exact) mass is 254 g/mol. The molecule has 0 fully saturated rings. The first-order valence-corrected chi connectivity index (χ1v) is 4.63. The van der Waals surface area contributed by atoms with E-state index in [-0.39, 0.29) is 10.0 Å². The fourth-order valence-electron chi connectivity index (χ4n) is 0.657. The highest BCUT2D eigenvalue weighted by molar-refractivity contribution is 9.10. The molecule has 0 spiro atoms. The minimum Gasteiger partial charge on any atom is -0.204 e. The second kappa shape index (κ2) is 5.27. The van der Waals surface area contributed by atoms with E-state index in [9.17, 15) is 13.2 Å². The maximum absolute atomic E-state index is 12.6. The van der Waals surface area contributed by atoms with Crippen LogP contribution in [-0.2, 0) is 0 Å². The highest BCUT2D eigenvalue weighted by Gasteiger charge is 2.13. The van der Waals surface area contributed by atoms with Crippen molar-refractivity contribution in [3.63, 3.8) is 0 Å². The molecule has 0 saturated heterocycles. The Bertz CT molecular complexity index is 271. The molecule has 1 aromatic rings. The van der Waals surface area contributed by atoms with Gasteiger partial charge in [0.2, 0.25) is 0 Å². The molecule has 0 heterocycles. The van der Waals surface area contributed by atoms with Gasteiger partial charge in [0.15, 0.2) is 17.5 Å². The first-order chi connectivity index (χ1) is 6.04. The van der Waals surface area contributed by atoms with Gasteiger partial charge in [-0.3, -0.25) is 0 Å². The highest BCUT2D eigenvalue weighted by Crippen LogP contribution is 2.23. The third-order valence-corrected chi connectivity index (χ3v) is 2.17. The van der Waals surface area contributed by atoms with Crippen LogP contribution in [0.15, 0.2) is 10.5 Å². The summed E-state index contributed by atoms with van der Waals surface area (Å²) < 4.78 is 37.6. The molecule has 0 aliphatic carbocycles. The molecule has 0 nitrogen and oxygen atoms in total. The summed E-state index contributed by atoms with van der Waals surface area (Å²) in [6.45, 7) is 5.36. The van der Waals surface area contributed by atoms with Gasteiger partial charge in [-0.25, -0.2) is 13.2 Å². The minimum atomic E-state index is -1.43. The van der Waals surface area contributed by atoms with Gasteiger partial charge in [-0.15, -0.1) is 0 Å². The van der Waals surface area contributed by atoms with E-state index in [2.05, 4.69) is 15.9 Å². The van der Waals surface area contributed by atoms with Crippen LogP contribution in [0.4, 0.5) is 13.2 Å². The third-order valence-electron chi connectivity index (χ3n) is 1.34. The Morgan fingerprint density at radius 2 is 1.54 bits per heavy atom. The van der Waals surface area contributed by atoms with Gasteiger partial charge >= 0.3 is 0 Å². The van der Waals surface area contributed by atoms with Crippen LogP contribution in [0, 0.1) is 24.4 Å². The Morgan fingerprint density at radius 1 is 1.08 bits per heavy atom. The molecule has 4 heteroatoms. The molecule has 13 heavy (non-hydrogen) atoms. The summed E-state index contributed by atoms with van der Waals surface area (Å²) in [7, 11) is 0. The van der Waals surface area contributed by atoms with Gasteiger partial charge in [0, 0.05) is 10.0 Å². The van der Waals surface area contributed by atoms with E-state index in [1.54, 1.807) is 0 Å². The van der Waals surface area contributed by atoms with Crippen LogP contribution in [0.2, 0.25) is 0 Å². The fourth-order valence-corrected chi connectivity index (χ4v) is 1.03. The van der Waals surface area contributed by atoms with Gasteiger partial charge in [0.25, 0.3) is 0 Å². The van der Waals surface area contributed by atoms with E-state index < -0.39 is 17.5 Å². The lowest BCUT2D eigenvalue weighted by molar-refractivity contribution is 0.442. The van der Waals surface area contributed by atoms with E-state index in [1.807, 2.05) is 13.8 Å². The van der Waals surface area contributed by atoms with Crippen molar-refractivity contribution in [2.45, 2.75) is 20.8 Å². The molecule has 0 unspecified atom stereocenters. The van der Waals surface area contributed by atoms with Gasteiger partial charge in [-0.2, -0.15) is 0 Å². The topological polar surface area (TPSA) is 0 Å². The van der Waals surface area contributed by atoms with E-state index in [4.69, 9.17) is 0 Å². The Morgan fingerprint density at radius 3 is 2.00 bits per heavy atom. The van der Waals surface area contributed by atoms with Crippen molar-refractivity contribution in [2.75, 3.05) is 0 Å². The van der Waals surface area contributed by atoms with Crippen molar-refractivity contribution in [1.82, 2.24) is 0 Å². The number of rotatable bonds is 0. The minimum absolute atomic E-state index is 0.0731. The van der Waals surface area contributed by atoms with Crippen molar-refractivity contribution in [1.29, 1.82) is 0 Å². The van der Waals surface area contributed by atoms with Crippen LogP contribution in [-0.4, -0.2) is 0 Å². The van der Waals surface area contributed by atoms with Crippen LogP contribution in [0.25, 0.3) is 0 Å². The first-order valence-electron chi connectivity index (χ1n) is 3.83. The summed E-state index contributed by atoms with van der Waals surface area (Å²) in [4.78, 5) is 0. The van der Waals surface area contributed by atoms with Crippen molar-refractivity contribution in [3.05, 3.63) is 33.6 Å². The quantitative estimate of drug-likeness (QED) is 0.481. The SMILES string of the molecule is CC.Cc1c(Br)cc(F)c(F)c1F. The summed E-state index contributed by atoms with van der Waals surface area (Å²) in [5, 5.41) is 0. The maximum atomic E-state index is 12.6. The van der Waals surface area contributed by atoms with Crippen LogP contribution in [0.5, 0.6) is 0 Å². The number of hydrogen-bond donors (Lipinski definition) is 0. The second-order valence-corrected chi connectivity index (χ2v) is 2.95. The summed E-state index contributed by atoms with van der Waals surface area (Å²) in [6.07, 6.45) is 0. The highest BCUT2D eigenvalue weighted by atomic mass is 79.9. The zero-order valence-electron chi connectivity index (χ0n) is 7.59. The molecule has 0 saturated carbocycles. The van der Waals surface area contributed by atoms with E-state index in [0.29, 0.717) is 0 Å². The van der Waals surface area contributed by atoms with Gasteiger partial charge in [-0.1, -0.05) is 29.8 Å². The second-order valence-electron chi connectivity index (χ2n) is 2.09. The van der Waals surface area contributed by atoms with Gasteiger partial charge < -0.3 is 0 Å². The molecule has 0 radical (unpaired) electrons. The van der Waals surface area contributed by atoms with Crippen LogP contribution in [0.3, 0.4) is 0 Å². The molecule has 0 atom stereocenters. The summed E-state index contributed by atoms with van der Waals surface area (Å²) in [5.41, 5.74) is 0.0731. The van der Waals surface area contributed by atoms with E-state index in [0.717, 1.165) is 6.07 Å². The largest absolute Gasteiger partial charge is 0.204 e. The van der Waals surface area contributed by atoms with Gasteiger partial charge in [-0.05, 0) is 13.0 Å². The molecular formula is C9H10BrF3. The normalized spacial score (nSPS) is 9.15. The Hall–Kier alpha value is -0.510. The summed E-state index contributed by atoms with van der Waals surface area (Å²) in [5.74, 6) is -3.75.